The van der Waals surface area contributed by atoms with Crippen LogP contribution in [0.25, 0.3) is 0 Å². The Bertz CT molecular complexity index is 584. The zero-order chi connectivity index (χ0) is 13.7. The lowest BCUT2D eigenvalue weighted by Gasteiger charge is -2.09. The van der Waals surface area contributed by atoms with Crippen molar-refractivity contribution in [3.63, 3.8) is 0 Å². The molecule has 0 saturated heterocycles. The first-order valence-electron chi connectivity index (χ1n) is 5.53. The maximum atomic E-state index is 11.9. The maximum absolute atomic E-state index is 11.9. The van der Waals surface area contributed by atoms with Crippen LogP contribution < -0.4 is 10.6 Å². The van der Waals surface area contributed by atoms with Gasteiger partial charge in [-0.15, -0.1) is 11.3 Å². The Labute approximate surface area is 125 Å². The van der Waals surface area contributed by atoms with E-state index in [1.807, 2.05) is 17.5 Å². The van der Waals surface area contributed by atoms with Crippen molar-refractivity contribution in [1.29, 1.82) is 0 Å². The van der Waals surface area contributed by atoms with Crippen LogP contribution in [0.5, 0.6) is 0 Å². The number of nitrogens with one attached hydrogen (secondary N) is 2. The van der Waals surface area contributed by atoms with Crippen LogP contribution in [0.1, 0.15) is 15.2 Å². The molecule has 3 nitrogen and oxygen atoms in total. The van der Waals surface area contributed by atoms with Gasteiger partial charge < -0.3 is 5.32 Å². The van der Waals surface area contributed by atoms with Crippen LogP contribution in [0.15, 0.2) is 41.8 Å². The molecule has 0 radical (unpaired) electrons. The van der Waals surface area contributed by atoms with Crippen LogP contribution >= 0.6 is 35.2 Å². The van der Waals surface area contributed by atoms with E-state index >= 15 is 0 Å². The molecule has 19 heavy (non-hydrogen) atoms. The summed E-state index contributed by atoms with van der Waals surface area (Å²) in [7, 11) is 0. The normalized spacial score (nSPS) is 9.95. The van der Waals surface area contributed by atoms with Crippen LogP contribution in [0.4, 0.5) is 0 Å². The van der Waals surface area contributed by atoms with E-state index in [1.54, 1.807) is 35.6 Å². The summed E-state index contributed by atoms with van der Waals surface area (Å²) in [6, 6.07) is 10.8. The van der Waals surface area contributed by atoms with Gasteiger partial charge >= 0.3 is 0 Å². The summed E-state index contributed by atoms with van der Waals surface area (Å²) in [6.07, 6.45) is 0. The van der Waals surface area contributed by atoms with Crippen molar-refractivity contribution in [3.05, 3.63) is 57.2 Å². The van der Waals surface area contributed by atoms with Gasteiger partial charge in [0, 0.05) is 4.88 Å². The lowest BCUT2D eigenvalue weighted by atomic mass is 10.2. The van der Waals surface area contributed by atoms with Crippen LogP contribution in [0.3, 0.4) is 0 Å². The van der Waals surface area contributed by atoms with Gasteiger partial charge in [-0.1, -0.05) is 29.8 Å². The fourth-order valence-electron chi connectivity index (χ4n) is 1.44. The summed E-state index contributed by atoms with van der Waals surface area (Å²) in [6.45, 7) is 0.597. The molecule has 1 aromatic heterocycles. The molecule has 0 spiro atoms. The molecule has 0 aliphatic carbocycles. The van der Waals surface area contributed by atoms with E-state index in [1.165, 1.54) is 0 Å². The van der Waals surface area contributed by atoms with Crippen LogP contribution in [0, 0.1) is 0 Å². The Kier molecular flexibility index (Phi) is 4.90. The van der Waals surface area contributed by atoms with E-state index in [2.05, 4.69) is 10.6 Å². The second-order valence-electron chi connectivity index (χ2n) is 3.70. The third kappa shape index (κ3) is 4.02. The third-order valence-corrected chi connectivity index (χ3v) is 3.80. The highest BCUT2D eigenvalue weighted by atomic mass is 35.5. The molecule has 98 valence electrons. The highest BCUT2D eigenvalue weighted by Crippen LogP contribution is 2.14. The molecule has 0 saturated carbocycles. The summed E-state index contributed by atoms with van der Waals surface area (Å²) in [4.78, 5) is 13.1. The molecule has 2 rings (SSSR count). The van der Waals surface area contributed by atoms with Gasteiger partial charge in [0.1, 0.15) is 0 Å². The SMILES string of the molecule is O=C(NC(=S)NCc1cccs1)c1ccccc1Cl. The molecule has 1 aromatic carbocycles. The number of thiophene rings is 1. The number of amides is 1. The first-order chi connectivity index (χ1) is 9.16. The molecule has 1 amide bonds. The molecule has 0 aliphatic heterocycles. The summed E-state index contributed by atoms with van der Waals surface area (Å²) in [5.74, 6) is -0.311. The summed E-state index contributed by atoms with van der Waals surface area (Å²) in [5, 5.41) is 8.26. The first-order valence-corrected chi connectivity index (χ1v) is 7.19. The Morgan fingerprint density at radius 2 is 2.05 bits per heavy atom. The number of thiocarbonyl (C=S) groups is 1. The van der Waals surface area contributed by atoms with E-state index in [4.69, 9.17) is 23.8 Å². The van der Waals surface area contributed by atoms with Crippen molar-refractivity contribution < 1.29 is 4.79 Å². The fraction of sp³-hybridized carbons (Fsp3) is 0.0769. The van der Waals surface area contributed by atoms with Crippen molar-refractivity contribution in [1.82, 2.24) is 10.6 Å². The molecule has 6 heteroatoms. The second kappa shape index (κ2) is 6.65. The first kappa shape index (κ1) is 14.0. The number of benzene rings is 1. The zero-order valence-electron chi connectivity index (χ0n) is 9.85. The summed E-state index contributed by atoms with van der Waals surface area (Å²) >= 11 is 12.6. The van der Waals surface area contributed by atoms with E-state index < -0.39 is 0 Å². The van der Waals surface area contributed by atoms with Crippen molar-refractivity contribution in [3.8, 4) is 0 Å². The predicted molar refractivity (Wildman–Crippen MR) is 82.7 cm³/mol. The van der Waals surface area contributed by atoms with Crippen molar-refractivity contribution in [2.24, 2.45) is 0 Å². The van der Waals surface area contributed by atoms with Crippen molar-refractivity contribution in [2.45, 2.75) is 6.54 Å². The molecule has 2 N–H and O–H groups in total. The minimum Gasteiger partial charge on any atom is -0.357 e. The number of halogens is 1. The highest BCUT2D eigenvalue weighted by molar-refractivity contribution is 7.80. The van der Waals surface area contributed by atoms with E-state index in [-0.39, 0.29) is 5.91 Å². The molecule has 0 fully saturated rings. The number of carbonyl (C=O) groups is 1. The molecular formula is C13H11ClN2OS2. The van der Waals surface area contributed by atoms with E-state index in [0.29, 0.717) is 22.2 Å². The number of hydrogen-bond acceptors (Lipinski definition) is 3. The minimum atomic E-state index is -0.311. The molecule has 0 unspecified atom stereocenters. The molecular weight excluding hydrogens is 300 g/mol. The largest absolute Gasteiger partial charge is 0.357 e. The van der Waals surface area contributed by atoms with Crippen LogP contribution in [-0.4, -0.2) is 11.0 Å². The lowest BCUT2D eigenvalue weighted by molar-refractivity contribution is 0.0977. The van der Waals surface area contributed by atoms with Gasteiger partial charge in [-0.05, 0) is 35.8 Å². The van der Waals surface area contributed by atoms with Gasteiger partial charge in [-0.2, -0.15) is 0 Å². The monoisotopic (exact) mass is 310 g/mol. The smallest absolute Gasteiger partial charge is 0.258 e. The summed E-state index contributed by atoms with van der Waals surface area (Å²) in [5.41, 5.74) is 0.407. The fourth-order valence-corrected chi connectivity index (χ4v) is 2.47. The minimum absolute atomic E-state index is 0.290. The Hall–Kier alpha value is -1.43. The predicted octanol–water partition coefficient (Wildman–Crippen LogP) is 3.21. The average Bonchev–Trinajstić information content (AvgIpc) is 2.90. The summed E-state index contributed by atoms with van der Waals surface area (Å²) < 4.78 is 0. The Balaban J connectivity index is 1.89. The van der Waals surface area contributed by atoms with Gasteiger partial charge in [-0.3, -0.25) is 10.1 Å². The van der Waals surface area contributed by atoms with Gasteiger partial charge in [0.05, 0.1) is 17.1 Å². The zero-order valence-corrected chi connectivity index (χ0v) is 12.2. The van der Waals surface area contributed by atoms with Gasteiger partial charge in [0.2, 0.25) is 0 Å². The van der Waals surface area contributed by atoms with Crippen molar-refractivity contribution >= 4 is 46.2 Å². The number of carbonyl (C=O) groups excluding carboxylic acids is 1. The topological polar surface area (TPSA) is 41.1 Å². The van der Waals surface area contributed by atoms with Gasteiger partial charge in [-0.25, -0.2) is 0 Å². The quantitative estimate of drug-likeness (QED) is 0.855. The number of rotatable bonds is 3. The average molecular weight is 311 g/mol. The van der Waals surface area contributed by atoms with Crippen LogP contribution in [-0.2, 0) is 6.54 Å². The van der Waals surface area contributed by atoms with E-state index in [9.17, 15) is 4.79 Å². The highest BCUT2D eigenvalue weighted by Gasteiger charge is 2.10. The number of hydrogen-bond donors (Lipinski definition) is 2. The molecule has 0 aliphatic rings. The molecule has 0 atom stereocenters. The molecule has 0 bridgehead atoms. The third-order valence-electron chi connectivity index (χ3n) is 2.35. The Morgan fingerprint density at radius 3 is 2.74 bits per heavy atom. The molecule has 1 heterocycles. The Morgan fingerprint density at radius 1 is 1.26 bits per heavy atom. The lowest BCUT2D eigenvalue weighted by Crippen LogP contribution is -2.38. The van der Waals surface area contributed by atoms with Crippen LogP contribution in [0.2, 0.25) is 5.02 Å². The van der Waals surface area contributed by atoms with Gasteiger partial charge in [0.15, 0.2) is 5.11 Å². The maximum Gasteiger partial charge on any atom is 0.258 e. The van der Waals surface area contributed by atoms with Gasteiger partial charge in [0.25, 0.3) is 5.91 Å². The molecule has 2 aromatic rings. The standard InChI is InChI=1S/C13H11ClN2OS2/c14-11-6-2-1-5-10(11)12(17)16-13(18)15-8-9-4-3-7-19-9/h1-7H,8H2,(H2,15,16,17,18). The van der Waals surface area contributed by atoms with Crippen molar-refractivity contribution in [2.75, 3.05) is 0 Å². The second-order valence-corrected chi connectivity index (χ2v) is 5.54. The van der Waals surface area contributed by atoms with E-state index in [0.717, 1.165) is 4.88 Å².